The molecule has 0 aliphatic carbocycles. The van der Waals surface area contributed by atoms with E-state index in [1.807, 2.05) is 55.5 Å². The first-order valence-electron chi connectivity index (χ1n) is 9.98. The SMILES string of the molecule is CCNC(=NCCS(=O)(=O)NCc1ccccc1)NCCc1ccc2c(c1)OCO2.I. The summed E-state index contributed by atoms with van der Waals surface area (Å²) in [6, 6.07) is 15.3. The van der Waals surface area contributed by atoms with Crippen LogP contribution in [0.1, 0.15) is 18.1 Å². The molecule has 0 spiro atoms. The number of hydrogen-bond donors (Lipinski definition) is 3. The van der Waals surface area contributed by atoms with Crippen molar-refractivity contribution in [3.8, 4) is 11.5 Å². The molecule has 8 nitrogen and oxygen atoms in total. The Kier molecular flexibility index (Phi) is 10.3. The van der Waals surface area contributed by atoms with Crippen LogP contribution in [0.5, 0.6) is 11.5 Å². The Morgan fingerprint density at radius 2 is 1.81 bits per heavy atom. The zero-order chi connectivity index (χ0) is 21.2. The average molecular weight is 560 g/mol. The summed E-state index contributed by atoms with van der Waals surface area (Å²) >= 11 is 0. The summed E-state index contributed by atoms with van der Waals surface area (Å²) in [5.74, 6) is 2.06. The molecule has 0 saturated carbocycles. The molecule has 1 aliphatic heterocycles. The van der Waals surface area contributed by atoms with Crippen LogP contribution in [0.25, 0.3) is 0 Å². The Bertz CT molecular complexity index is 955. The van der Waals surface area contributed by atoms with Crippen LogP contribution in [0.15, 0.2) is 53.5 Å². The molecule has 0 atom stereocenters. The molecule has 2 aromatic rings. The van der Waals surface area contributed by atoms with Gasteiger partial charge in [-0.15, -0.1) is 24.0 Å². The van der Waals surface area contributed by atoms with Crippen LogP contribution in [0.4, 0.5) is 0 Å². The largest absolute Gasteiger partial charge is 0.454 e. The molecule has 1 aliphatic rings. The monoisotopic (exact) mass is 560 g/mol. The van der Waals surface area contributed by atoms with Crippen LogP contribution in [0, 0.1) is 0 Å². The van der Waals surface area contributed by atoms with Crippen molar-refractivity contribution >= 4 is 40.0 Å². The van der Waals surface area contributed by atoms with Crippen molar-refractivity contribution < 1.29 is 17.9 Å². The zero-order valence-corrected chi connectivity index (χ0v) is 20.6. The van der Waals surface area contributed by atoms with Gasteiger partial charge >= 0.3 is 0 Å². The third-order valence-electron chi connectivity index (χ3n) is 4.46. The van der Waals surface area contributed by atoms with E-state index >= 15 is 0 Å². The average Bonchev–Trinajstić information content (AvgIpc) is 3.21. The zero-order valence-electron chi connectivity index (χ0n) is 17.5. The van der Waals surface area contributed by atoms with E-state index in [-0.39, 0.29) is 49.6 Å². The summed E-state index contributed by atoms with van der Waals surface area (Å²) in [5.41, 5.74) is 2.04. The van der Waals surface area contributed by atoms with Crippen molar-refractivity contribution in [2.45, 2.75) is 19.9 Å². The van der Waals surface area contributed by atoms with Crippen LogP contribution >= 0.6 is 24.0 Å². The molecule has 10 heteroatoms. The van der Waals surface area contributed by atoms with Gasteiger partial charge in [0.1, 0.15) is 0 Å². The molecule has 170 valence electrons. The Balaban J connectivity index is 0.00000341. The Morgan fingerprint density at radius 1 is 1.03 bits per heavy atom. The van der Waals surface area contributed by atoms with Gasteiger partial charge in [0.15, 0.2) is 17.5 Å². The number of hydrogen-bond acceptors (Lipinski definition) is 5. The smallest absolute Gasteiger partial charge is 0.231 e. The molecule has 0 amide bonds. The third-order valence-corrected chi connectivity index (χ3v) is 5.76. The molecule has 1 heterocycles. The predicted octanol–water partition coefficient (Wildman–Crippen LogP) is 2.25. The number of guanidine groups is 1. The van der Waals surface area contributed by atoms with E-state index in [2.05, 4.69) is 20.3 Å². The Labute approximate surface area is 200 Å². The fourth-order valence-electron chi connectivity index (χ4n) is 2.90. The quantitative estimate of drug-likeness (QED) is 0.234. The molecular weight excluding hydrogens is 531 g/mol. The normalized spacial score (nSPS) is 12.9. The lowest BCUT2D eigenvalue weighted by Crippen LogP contribution is -2.39. The molecule has 0 bridgehead atoms. The number of benzene rings is 2. The minimum atomic E-state index is -3.40. The van der Waals surface area contributed by atoms with Gasteiger partial charge in [-0.2, -0.15) is 0 Å². The predicted molar refractivity (Wildman–Crippen MR) is 133 cm³/mol. The lowest BCUT2D eigenvalue weighted by atomic mass is 10.1. The lowest BCUT2D eigenvalue weighted by molar-refractivity contribution is 0.174. The standard InChI is InChI=1S/C21H28N4O4S.HI/c1-2-22-21(23-11-10-17-8-9-19-20(14-17)29-16-28-19)24-12-13-30(26,27)25-15-18-6-4-3-5-7-18;/h3-9,14,25H,2,10-13,15-16H2,1H3,(H2,22,23,24);1H. The highest BCUT2D eigenvalue weighted by Gasteiger charge is 2.13. The fourth-order valence-corrected chi connectivity index (χ4v) is 3.76. The first-order valence-corrected chi connectivity index (χ1v) is 11.6. The second-order valence-corrected chi connectivity index (χ2v) is 8.68. The van der Waals surface area contributed by atoms with Crippen LogP contribution < -0.4 is 24.8 Å². The maximum absolute atomic E-state index is 12.2. The van der Waals surface area contributed by atoms with Gasteiger partial charge in [0, 0.05) is 19.6 Å². The van der Waals surface area contributed by atoms with E-state index in [1.165, 1.54) is 0 Å². The van der Waals surface area contributed by atoms with Gasteiger partial charge in [0.05, 0.1) is 12.3 Å². The van der Waals surface area contributed by atoms with E-state index in [1.54, 1.807) is 0 Å². The van der Waals surface area contributed by atoms with E-state index < -0.39 is 10.0 Å². The van der Waals surface area contributed by atoms with Gasteiger partial charge in [-0.3, -0.25) is 4.99 Å². The van der Waals surface area contributed by atoms with Gasteiger partial charge in [0.25, 0.3) is 0 Å². The van der Waals surface area contributed by atoms with E-state index in [0.717, 1.165) is 29.0 Å². The lowest BCUT2D eigenvalue weighted by Gasteiger charge is -2.12. The van der Waals surface area contributed by atoms with Gasteiger partial charge in [-0.1, -0.05) is 36.4 Å². The summed E-state index contributed by atoms with van der Waals surface area (Å²) < 4.78 is 37.7. The van der Waals surface area contributed by atoms with Crippen LogP contribution in [-0.2, 0) is 23.0 Å². The summed E-state index contributed by atoms with van der Waals surface area (Å²) in [6.45, 7) is 4.02. The highest BCUT2D eigenvalue weighted by atomic mass is 127. The number of sulfonamides is 1. The molecule has 0 aromatic heterocycles. The molecule has 3 N–H and O–H groups in total. The van der Waals surface area contributed by atoms with E-state index in [4.69, 9.17) is 9.47 Å². The maximum Gasteiger partial charge on any atom is 0.231 e. The maximum atomic E-state index is 12.2. The summed E-state index contributed by atoms with van der Waals surface area (Å²) in [7, 11) is -3.40. The second kappa shape index (κ2) is 12.7. The van der Waals surface area contributed by atoms with Crippen molar-refractivity contribution in [1.29, 1.82) is 0 Å². The van der Waals surface area contributed by atoms with Gasteiger partial charge in [-0.25, -0.2) is 13.1 Å². The fraction of sp³-hybridized carbons (Fsp3) is 0.381. The Hall–Kier alpha value is -2.05. The molecular formula is C21H29IN4O4S. The number of ether oxygens (including phenoxy) is 2. The second-order valence-electron chi connectivity index (χ2n) is 6.75. The minimum absolute atomic E-state index is 0. The van der Waals surface area contributed by atoms with Crippen molar-refractivity contribution in [2.24, 2.45) is 4.99 Å². The third kappa shape index (κ3) is 8.54. The van der Waals surface area contributed by atoms with Gasteiger partial charge in [0.2, 0.25) is 16.8 Å². The van der Waals surface area contributed by atoms with Crippen molar-refractivity contribution in [3.63, 3.8) is 0 Å². The number of aliphatic imine (C=N–C) groups is 1. The first kappa shape index (κ1) is 25.2. The molecule has 0 unspecified atom stereocenters. The van der Waals surface area contributed by atoms with Gasteiger partial charge < -0.3 is 20.1 Å². The van der Waals surface area contributed by atoms with E-state index in [0.29, 0.717) is 19.0 Å². The number of nitrogens with one attached hydrogen (secondary N) is 3. The van der Waals surface area contributed by atoms with Crippen LogP contribution in [0.2, 0.25) is 0 Å². The number of rotatable bonds is 10. The highest BCUT2D eigenvalue weighted by Crippen LogP contribution is 2.32. The summed E-state index contributed by atoms with van der Waals surface area (Å²) in [5, 5.41) is 6.37. The number of fused-ring (bicyclic) bond motifs is 1. The Morgan fingerprint density at radius 3 is 2.58 bits per heavy atom. The minimum Gasteiger partial charge on any atom is -0.454 e. The number of nitrogens with zero attached hydrogens (tertiary/aromatic N) is 1. The molecule has 31 heavy (non-hydrogen) atoms. The molecule has 0 saturated heterocycles. The van der Waals surface area contributed by atoms with Crippen molar-refractivity contribution in [1.82, 2.24) is 15.4 Å². The van der Waals surface area contributed by atoms with Crippen molar-refractivity contribution in [2.75, 3.05) is 32.2 Å². The van der Waals surface area contributed by atoms with Crippen molar-refractivity contribution in [3.05, 3.63) is 59.7 Å². The van der Waals surface area contributed by atoms with E-state index in [9.17, 15) is 8.42 Å². The number of halogens is 1. The highest BCUT2D eigenvalue weighted by molar-refractivity contribution is 14.0. The van der Waals surface area contributed by atoms with Crippen LogP contribution in [-0.4, -0.2) is 46.6 Å². The first-order chi connectivity index (χ1) is 14.6. The van der Waals surface area contributed by atoms with Gasteiger partial charge in [-0.05, 0) is 36.6 Å². The molecule has 2 aromatic carbocycles. The molecule has 0 fully saturated rings. The molecule has 3 rings (SSSR count). The van der Waals surface area contributed by atoms with Crippen LogP contribution in [0.3, 0.4) is 0 Å². The summed E-state index contributed by atoms with van der Waals surface area (Å²) in [4.78, 5) is 4.37. The summed E-state index contributed by atoms with van der Waals surface area (Å²) in [6.07, 6.45) is 0.776. The molecule has 0 radical (unpaired) electrons. The topological polar surface area (TPSA) is 101 Å².